The summed E-state index contributed by atoms with van der Waals surface area (Å²) in [4.78, 5) is 41.6. The summed E-state index contributed by atoms with van der Waals surface area (Å²) in [6.45, 7) is 3.36. The zero-order chi connectivity index (χ0) is 21.0. The van der Waals surface area contributed by atoms with Crippen molar-refractivity contribution in [1.82, 2.24) is 0 Å². The van der Waals surface area contributed by atoms with Gasteiger partial charge >= 0.3 is 5.09 Å². The number of anilines is 2. The third-order valence-corrected chi connectivity index (χ3v) is 5.12. The highest BCUT2D eigenvalue weighted by molar-refractivity contribution is 9.10. The van der Waals surface area contributed by atoms with Crippen LogP contribution in [0, 0.1) is 39.0 Å². The van der Waals surface area contributed by atoms with Crippen LogP contribution in [0.15, 0.2) is 33.2 Å². The number of rotatable bonds is 8. The molecule has 0 amide bonds. The number of nitro groups is 2. The van der Waals surface area contributed by atoms with Gasteiger partial charge in [0.2, 0.25) is 0 Å². The van der Waals surface area contributed by atoms with Gasteiger partial charge in [0.25, 0.3) is 11.4 Å². The first-order valence-electron chi connectivity index (χ1n) is 7.32. The van der Waals surface area contributed by atoms with Gasteiger partial charge in [-0.2, -0.15) is 0 Å². The van der Waals surface area contributed by atoms with Gasteiger partial charge in [-0.25, -0.2) is 0 Å². The van der Waals surface area contributed by atoms with Crippen LogP contribution in [-0.4, -0.2) is 14.9 Å². The highest BCUT2D eigenvalue weighted by Crippen LogP contribution is 2.32. The summed E-state index contributed by atoms with van der Waals surface area (Å²) in [7, 11) is 0. The molecule has 0 heterocycles. The summed E-state index contributed by atoms with van der Waals surface area (Å²) in [5, 5.41) is 21.7. The van der Waals surface area contributed by atoms with E-state index in [4.69, 9.17) is 0 Å². The predicted molar refractivity (Wildman–Crippen MR) is 104 cm³/mol. The molecule has 0 unspecified atom stereocenters. The minimum Gasteiger partial charge on any atom is -0.258 e. The molecule has 2 N–H and O–H groups in total. The molecule has 0 saturated carbocycles. The van der Waals surface area contributed by atoms with E-state index in [1.54, 1.807) is 13.8 Å². The van der Waals surface area contributed by atoms with Crippen molar-refractivity contribution in [3.05, 3.63) is 69.5 Å². The van der Waals surface area contributed by atoms with E-state index in [-0.39, 0.29) is 22.7 Å². The Bertz CT molecular complexity index is 894. The molecule has 0 aliphatic carbocycles. The molecule has 0 radical (unpaired) electrons. The number of hydrogen-bond acceptors (Lipinski definition) is 9. The standard InChI is InChI=1S/C14H12Br2N5O7/c1-7-3-11(13(19(22)23)5-9(7)15)17-27-21(26)28-18-12-4-8(2)10(16)6-14(12)20(24)25/h3-6,17-18H,1-2H3/q+1. The molecule has 12 nitrogen and oxygen atoms in total. The summed E-state index contributed by atoms with van der Waals surface area (Å²) in [5.74, 6) is 0. The lowest BCUT2D eigenvalue weighted by molar-refractivity contribution is -0.971. The van der Waals surface area contributed by atoms with E-state index in [1.807, 2.05) is 0 Å². The maximum absolute atomic E-state index is 11.6. The Morgan fingerprint density at radius 2 is 1.14 bits per heavy atom. The molecule has 0 aromatic heterocycles. The summed E-state index contributed by atoms with van der Waals surface area (Å²) in [6, 6.07) is 5.24. The Morgan fingerprint density at radius 1 is 0.786 bits per heavy atom. The molecule has 2 aromatic rings. The molecule has 0 bridgehead atoms. The van der Waals surface area contributed by atoms with Crippen LogP contribution in [0.1, 0.15) is 11.1 Å². The average molecular weight is 522 g/mol. The molecule has 14 heteroatoms. The molecule has 2 aromatic carbocycles. The van der Waals surface area contributed by atoms with Crippen molar-refractivity contribution >= 4 is 54.6 Å². The van der Waals surface area contributed by atoms with Crippen LogP contribution >= 0.6 is 31.9 Å². The molecule has 0 atom stereocenters. The van der Waals surface area contributed by atoms with E-state index >= 15 is 0 Å². The molecule has 0 saturated heterocycles. The van der Waals surface area contributed by atoms with Gasteiger partial charge in [-0.15, -0.1) is 11.0 Å². The molecule has 28 heavy (non-hydrogen) atoms. The van der Waals surface area contributed by atoms with Gasteiger partial charge in [0.15, 0.2) is 11.4 Å². The quantitative estimate of drug-likeness (QED) is 0.374. The van der Waals surface area contributed by atoms with E-state index in [1.165, 1.54) is 24.3 Å². The first-order valence-corrected chi connectivity index (χ1v) is 8.91. The lowest BCUT2D eigenvalue weighted by Crippen LogP contribution is -2.19. The minimum atomic E-state index is -0.669. The second-order valence-electron chi connectivity index (χ2n) is 5.36. The maximum Gasteiger partial charge on any atom is 0.531 e. The predicted octanol–water partition coefficient (Wildman–Crippen LogP) is 4.64. The van der Waals surface area contributed by atoms with Crippen LogP contribution in [0.25, 0.3) is 0 Å². The zero-order valence-electron chi connectivity index (χ0n) is 14.3. The SMILES string of the molecule is Cc1cc(NO[N+](=O)ONc2cc(C)c(Br)cc2[N+](=O)[O-])c([N+](=O)[O-])cc1Br. The van der Waals surface area contributed by atoms with Gasteiger partial charge in [-0.3, -0.25) is 20.2 Å². The summed E-state index contributed by atoms with van der Waals surface area (Å²) in [6.07, 6.45) is 0. The molecule has 148 valence electrons. The number of halogens is 2. The van der Waals surface area contributed by atoms with Gasteiger partial charge in [0.05, 0.1) is 9.85 Å². The van der Waals surface area contributed by atoms with Crippen molar-refractivity contribution < 1.29 is 24.8 Å². The number of aryl methyl sites for hydroxylation is 2. The van der Waals surface area contributed by atoms with Crippen molar-refractivity contribution in [2.45, 2.75) is 13.8 Å². The summed E-state index contributed by atoms with van der Waals surface area (Å²) >= 11 is 6.34. The third-order valence-electron chi connectivity index (χ3n) is 3.41. The molecule has 0 aliphatic rings. The van der Waals surface area contributed by atoms with E-state index < -0.39 is 14.9 Å². The number of nitrogens with one attached hydrogen (secondary N) is 2. The Labute approximate surface area is 173 Å². The van der Waals surface area contributed by atoms with Crippen molar-refractivity contribution in [3.8, 4) is 0 Å². The minimum absolute atomic E-state index is 0.0967. The third kappa shape index (κ3) is 5.04. The van der Waals surface area contributed by atoms with Gasteiger partial charge in [0.1, 0.15) is 4.91 Å². The second kappa shape index (κ2) is 8.79. The average Bonchev–Trinajstić information content (AvgIpc) is 2.62. The lowest BCUT2D eigenvalue weighted by atomic mass is 10.2. The number of nitro benzene ring substituents is 2. The van der Waals surface area contributed by atoms with Crippen LogP contribution in [0.2, 0.25) is 0 Å². The highest BCUT2D eigenvalue weighted by atomic mass is 79.9. The van der Waals surface area contributed by atoms with Crippen LogP contribution in [0.5, 0.6) is 0 Å². The Balaban J connectivity index is 2.07. The topological polar surface area (TPSA) is 149 Å². The highest BCUT2D eigenvalue weighted by Gasteiger charge is 2.24. The van der Waals surface area contributed by atoms with E-state index in [0.717, 1.165) is 0 Å². The van der Waals surface area contributed by atoms with Crippen molar-refractivity contribution in [3.63, 3.8) is 0 Å². The fourth-order valence-corrected chi connectivity index (χ4v) is 2.66. The largest absolute Gasteiger partial charge is 0.531 e. The fraction of sp³-hybridized carbons (Fsp3) is 0.143. The summed E-state index contributed by atoms with van der Waals surface area (Å²) in [5.41, 5.74) is 4.61. The summed E-state index contributed by atoms with van der Waals surface area (Å²) < 4.78 is 0.999. The Morgan fingerprint density at radius 3 is 1.46 bits per heavy atom. The molecular formula is C14H12Br2N5O7+. The van der Waals surface area contributed by atoms with Crippen molar-refractivity contribution in [2.75, 3.05) is 11.0 Å². The fourth-order valence-electron chi connectivity index (χ4n) is 2.00. The van der Waals surface area contributed by atoms with Crippen LogP contribution < -0.4 is 11.0 Å². The molecule has 2 rings (SSSR count). The lowest BCUT2D eigenvalue weighted by Gasteiger charge is -2.05. The Kier molecular flexibility index (Phi) is 6.69. The van der Waals surface area contributed by atoms with Crippen LogP contribution in [0.3, 0.4) is 0 Å². The molecule has 0 fully saturated rings. The molecule has 0 spiro atoms. The van der Waals surface area contributed by atoms with Crippen molar-refractivity contribution in [2.24, 2.45) is 0 Å². The van der Waals surface area contributed by atoms with Gasteiger partial charge in [0, 0.05) is 21.1 Å². The van der Waals surface area contributed by atoms with E-state index in [0.29, 0.717) is 20.1 Å². The molecular weight excluding hydrogens is 510 g/mol. The van der Waals surface area contributed by atoms with Crippen LogP contribution in [-0.2, 0) is 9.88 Å². The zero-order valence-corrected chi connectivity index (χ0v) is 17.4. The number of nitrogens with zero attached hydrogens (tertiary/aromatic N) is 3. The van der Waals surface area contributed by atoms with Gasteiger partial charge in [-0.1, -0.05) is 31.9 Å². The number of benzene rings is 2. The Hall–Kier alpha value is -3.00. The second-order valence-corrected chi connectivity index (χ2v) is 7.07. The molecule has 0 aliphatic heterocycles. The first-order chi connectivity index (χ1) is 13.1. The first kappa shape index (κ1) is 21.3. The normalized spacial score (nSPS) is 10.1. The van der Waals surface area contributed by atoms with E-state index in [2.05, 4.69) is 52.7 Å². The monoisotopic (exact) mass is 520 g/mol. The van der Waals surface area contributed by atoms with E-state index in [9.17, 15) is 25.1 Å². The van der Waals surface area contributed by atoms with Crippen molar-refractivity contribution in [1.29, 1.82) is 0 Å². The van der Waals surface area contributed by atoms with Gasteiger partial charge < -0.3 is 0 Å². The number of hydrogen-bond donors (Lipinski definition) is 2. The maximum atomic E-state index is 11.6. The van der Waals surface area contributed by atoms with Crippen LogP contribution in [0.4, 0.5) is 22.7 Å². The smallest absolute Gasteiger partial charge is 0.258 e. The van der Waals surface area contributed by atoms with Gasteiger partial charge in [-0.05, 0) is 47.0 Å².